The zero-order valence-corrected chi connectivity index (χ0v) is 18.3. The molecule has 4 rings (SSSR count). The van der Waals surface area contributed by atoms with Crippen LogP contribution in [0.4, 0.5) is 5.69 Å². The lowest BCUT2D eigenvalue weighted by molar-refractivity contribution is -0.118. The van der Waals surface area contributed by atoms with Crippen LogP contribution in [0.5, 0.6) is 5.75 Å². The summed E-state index contributed by atoms with van der Waals surface area (Å²) in [4.78, 5) is 27.7. The maximum atomic E-state index is 12.3. The van der Waals surface area contributed by atoms with Crippen molar-refractivity contribution < 1.29 is 18.8 Å². The number of ether oxygens (including phenoxy) is 1. The van der Waals surface area contributed by atoms with Crippen molar-refractivity contribution in [2.24, 2.45) is 5.73 Å². The number of aryl methyl sites for hydroxylation is 1. The molecule has 1 aliphatic carbocycles. The third kappa shape index (κ3) is 5.44. The van der Waals surface area contributed by atoms with Gasteiger partial charge in [0.05, 0.1) is 25.0 Å². The summed E-state index contributed by atoms with van der Waals surface area (Å²) in [6.07, 6.45) is 2.79. The van der Waals surface area contributed by atoms with Crippen LogP contribution in [-0.2, 0) is 28.2 Å². The van der Waals surface area contributed by atoms with Crippen molar-refractivity contribution in [3.05, 3.63) is 41.8 Å². The molecule has 11 nitrogen and oxygen atoms in total. The number of anilines is 1. The van der Waals surface area contributed by atoms with Crippen LogP contribution < -0.4 is 15.8 Å². The summed E-state index contributed by atoms with van der Waals surface area (Å²) >= 11 is 1.42. The molecule has 168 valence electrons. The number of thioether (sulfide) groups is 1. The number of nitrogens with two attached hydrogens (primary N) is 1. The Balaban J connectivity index is 1.34. The first-order chi connectivity index (χ1) is 15.5. The van der Waals surface area contributed by atoms with Gasteiger partial charge in [0.2, 0.25) is 17.7 Å². The van der Waals surface area contributed by atoms with Crippen molar-refractivity contribution in [1.82, 2.24) is 24.9 Å². The van der Waals surface area contributed by atoms with Crippen LogP contribution in [0.25, 0.3) is 0 Å². The molecule has 0 atom stereocenters. The third-order valence-corrected chi connectivity index (χ3v) is 5.70. The normalized spacial score (nSPS) is 13.2. The first-order valence-corrected chi connectivity index (χ1v) is 11.1. The van der Waals surface area contributed by atoms with E-state index in [0.29, 0.717) is 41.4 Å². The summed E-state index contributed by atoms with van der Waals surface area (Å²) in [6, 6.07) is 7.50. The Morgan fingerprint density at radius 3 is 2.88 bits per heavy atom. The van der Waals surface area contributed by atoms with Gasteiger partial charge >= 0.3 is 0 Å². The Labute approximate surface area is 188 Å². The molecule has 0 unspecified atom stereocenters. The van der Waals surface area contributed by atoms with Gasteiger partial charge in [-0.15, -0.1) is 10.2 Å². The molecule has 12 heteroatoms. The maximum Gasteiger partial charge on any atom is 0.237 e. The van der Waals surface area contributed by atoms with E-state index in [2.05, 4.69) is 30.2 Å². The van der Waals surface area contributed by atoms with Crippen LogP contribution in [-0.4, -0.2) is 43.8 Å². The number of carbonyl (C=O) groups is 2. The predicted octanol–water partition coefficient (Wildman–Crippen LogP) is 1.90. The number of carbonyl (C=O) groups excluding carboxylic acids is 2. The number of aromatic nitrogens is 5. The standard InChI is InChI=1S/C20H23N7O4S/c1-30-14-5-3-2-4-13(14)22-18(29)10-16-23-19(31-26-16)11-32-20-25-24-17(9-8-15(21)28)27(20)12-6-7-12/h2-5,12H,6-11H2,1H3,(H2,21,28)(H,22,29). The lowest BCUT2D eigenvalue weighted by atomic mass is 10.2. The summed E-state index contributed by atoms with van der Waals surface area (Å²) < 4.78 is 12.6. The van der Waals surface area contributed by atoms with Crippen LogP contribution in [0, 0.1) is 0 Å². The Bertz CT molecular complexity index is 1110. The number of benzene rings is 1. The monoisotopic (exact) mass is 457 g/mol. The highest BCUT2D eigenvalue weighted by Gasteiger charge is 2.29. The molecule has 1 saturated carbocycles. The van der Waals surface area contributed by atoms with E-state index in [1.807, 2.05) is 12.1 Å². The molecule has 2 heterocycles. The predicted molar refractivity (Wildman–Crippen MR) is 115 cm³/mol. The molecule has 32 heavy (non-hydrogen) atoms. The molecule has 1 aliphatic rings. The topological polar surface area (TPSA) is 151 Å². The van der Waals surface area contributed by atoms with Gasteiger partial charge in [0, 0.05) is 18.9 Å². The molecular formula is C20H23N7O4S. The molecule has 0 radical (unpaired) electrons. The first kappa shape index (κ1) is 21.8. The van der Waals surface area contributed by atoms with E-state index in [0.717, 1.165) is 23.8 Å². The average Bonchev–Trinajstić information content (AvgIpc) is 3.38. The van der Waals surface area contributed by atoms with E-state index in [1.54, 1.807) is 19.2 Å². The van der Waals surface area contributed by atoms with Crippen LogP contribution in [0.3, 0.4) is 0 Å². The van der Waals surface area contributed by atoms with E-state index in [1.165, 1.54) is 11.8 Å². The van der Waals surface area contributed by atoms with Gasteiger partial charge in [0.1, 0.15) is 11.6 Å². The minimum atomic E-state index is -0.363. The van der Waals surface area contributed by atoms with Crippen LogP contribution in [0.15, 0.2) is 33.9 Å². The van der Waals surface area contributed by atoms with Crippen molar-refractivity contribution in [3.8, 4) is 5.75 Å². The largest absolute Gasteiger partial charge is 0.495 e. The second kappa shape index (κ2) is 9.81. The van der Waals surface area contributed by atoms with Crippen molar-refractivity contribution in [2.75, 3.05) is 12.4 Å². The van der Waals surface area contributed by atoms with E-state index >= 15 is 0 Å². The summed E-state index contributed by atoms with van der Waals surface area (Å²) in [6.45, 7) is 0. The van der Waals surface area contributed by atoms with Gasteiger partial charge in [0.25, 0.3) is 0 Å². The fraction of sp³-hybridized carbons (Fsp3) is 0.400. The Morgan fingerprint density at radius 2 is 2.12 bits per heavy atom. The molecule has 0 saturated heterocycles. The highest BCUT2D eigenvalue weighted by atomic mass is 32.2. The molecular weight excluding hydrogens is 434 g/mol. The first-order valence-electron chi connectivity index (χ1n) is 10.1. The molecule has 0 spiro atoms. The van der Waals surface area contributed by atoms with Gasteiger partial charge < -0.3 is 24.9 Å². The number of hydrogen-bond donors (Lipinski definition) is 2. The van der Waals surface area contributed by atoms with Gasteiger partial charge in [-0.2, -0.15) is 4.98 Å². The van der Waals surface area contributed by atoms with Crippen molar-refractivity contribution >= 4 is 29.3 Å². The summed E-state index contributed by atoms with van der Waals surface area (Å²) in [5.74, 6) is 1.76. The quantitative estimate of drug-likeness (QED) is 0.411. The molecule has 3 N–H and O–H groups in total. The number of hydrogen-bond acceptors (Lipinski definition) is 9. The second-order valence-corrected chi connectivity index (χ2v) is 8.23. The number of nitrogens with zero attached hydrogens (tertiary/aromatic N) is 5. The molecule has 1 aromatic carbocycles. The van der Waals surface area contributed by atoms with Gasteiger partial charge in [-0.3, -0.25) is 9.59 Å². The average molecular weight is 458 g/mol. The summed E-state index contributed by atoms with van der Waals surface area (Å²) in [5.41, 5.74) is 5.83. The smallest absolute Gasteiger partial charge is 0.237 e. The molecule has 3 aromatic rings. The summed E-state index contributed by atoms with van der Waals surface area (Å²) in [5, 5.41) is 15.9. The van der Waals surface area contributed by atoms with E-state index < -0.39 is 0 Å². The number of amides is 2. The highest BCUT2D eigenvalue weighted by molar-refractivity contribution is 7.98. The second-order valence-electron chi connectivity index (χ2n) is 7.28. The van der Waals surface area contributed by atoms with Crippen molar-refractivity contribution in [2.45, 2.75) is 49.1 Å². The van der Waals surface area contributed by atoms with Gasteiger partial charge in [0.15, 0.2) is 11.0 Å². The van der Waals surface area contributed by atoms with E-state index in [4.69, 9.17) is 15.0 Å². The lowest BCUT2D eigenvalue weighted by Crippen LogP contribution is -2.15. The van der Waals surface area contributed by atoms with Crippen LogP contribution in [0.1, 0.15) is 42.8 Å². The molecule has 1 fully saturated rings. The van der Waals surface area contributed by atoms with E-state index in [9.17, 15) is 9.59 Å². The van der Waals surface area contributed by atoms with Crippen LogP contribution >= 0.6 is 11.8 Å². The zero-order valence-electron chi connectivity index (χ0n) is 17.5. The minimum Gasteiger partial charge on any atom is -0.495 e. The maximum absolute atomic E-state index is 12.3. The Kier molecular flexibility index (Phi) is 6.69. The number of rotatable bonds is 11. The molecule has 0 aliphatic heterocycles. The number of para-hydroxylation sites is 2. The Hall–Kier alpha value is -3.41. The number of nitrogens with one attached hydrogen (secondary N) is 1. The summed E-state index contributed by atoms with van der Waals surface area (Å²) in [7, 11) is 1.54. The highest BCUT2D eigenvalue weighted by Crippen LogP contribution is 2.39. The molecule has 0 bridgehead atoms. The van der Waals surface area contributed by atoms with Crippen LogP contribution in [0.2, 0.25) is 0 Å². The molecule has 2 aromatic heterocycles. The van der Waals surface area contributed by atoms with Gasteiger partial charge in [-0.25, -0.2) is 0 Å². The lowest BCUT2D eigenvalue weighted by Gasteiger charge is -2.08. The fourth-order valence-electron chi connectivity index (χ4n) is 3.14. The van der Waals surface area contributed by atoms with Gasteiger partial charge in [-0.05, 0) is 25.0 Å². The van der Waals surface area contributed by atoms with Crippen molar-refractivity contribution in [1.29, 1.82) is 0 Å². The Morgan fingerprint density at radius 1 is 1.31 bits per heavy atom. The number of methoxy groups -OCH3 is 1. The van der Waals surface area contributed by atoms with Gasteiger partial charge in [-0.1, -0.05) is 29.1 Å². The third-order valence-electron chi connectivity index (χ3n) is 4.78. The SMILES string of the molecule is COc1ccccc1NC(=O)Cc1noc(CSc2nnc(CCC(N)=O)n2C2CC2)n1. The minimum absolute atomic E-state index is 0.0261. The number of primary amides is 1. The van der Waals surface area contributed by atoms with E-state index in [-0.39, 0.29) is 24.7 Å². The van der Waals surface area contributed by atoms with Crippen molar-refractivity contribution in [3.63, 3.8) is 0 Å². The zero-order chi connectivity index (χ0) is 22.5. The molecule has 2 amide bonds. The fourth-order valence-corrected chi connectivity index (χ4v) is 4.01.